The van der Waals surface area contributed by atoms with E-state index in [-0.39, 0.29) is 95.2 Å². The molecule has 402 valence electrons. The predicted molar refractivity (Wildman–Crippen MR) is 262 cm³/mol. The van der Waals surface area contributed by atoms with E-state index in [0.717, 1.165) is 10.5 Å². The van der Waals surface area contributed by atoms with Crippen molar-refractivity contribution in [2.45, 2.75) is 50.1 Å². The largest absolute Gasteiger partial charge is 0.508 e. The number of aliphatic carboxylic acids is 3. The van der Waals surface area contributed by atoms with Gasteiger partial charge < -0.3 is 51.3 Å². The van der Waals surface area contributed by atoms with Crippen molar-refractivity contribution in [3.8, 4) is 17.6 Å². The van der Waals surface area contributed by atoms with Crippen LogP contribution in [0, 0.1) is 11.3 Å². The van der Waals surface area contributed by atoms with Crippen LogP contribution in [0.25, 0.3) is 10.9 Å². The number of hydrogen-bond donors (Lipinski definition) is 8. The highest BCUT2D eigenvalue weighted by Crippen LogP contribution is 2.31. The molecule has 0 spiro atoms. The molecule has 2 aliphatic rings. The van der Waals surface area contributed by atoms with Crippen LogP contribution in [-0.2, 0) is 35.2 Å². The van der Waals surface area contributed by atoms with Gasteiger partial charge in [0, 0.05) is 83.5 Å². The summed E-state index contributed by atoms with van der Waals surface area (Å²) in [6.45, 7) is 1.08. The Balaban J connectivity index is 1.07. The molecule has 8 N–H and O–H groups in total. The molecule has 0 unspecified atom stereocenters. The number of nitrogens with zero attached hydrogens (tertiary/aromatic N) is 7. The number of amides is 4. The van der Waals surface area contributed by atoms with E-state index in [1.165, 1.54) is 24.4 Å². The Hall–Kier alpha value is -7.11. The van der Waals surface area contributed by atoms with Gasteiger partial charge in [-0.25, -0.2) is 8.78 Å². The third-order valence-corrected chi connectivity index (χ3v) is 12.4. The second-order valence-electron chi connectivity index (χ2n) is 18.2. The van der Waals surface area contributed by atoms with Gasteiger partial charge in [0.2, 0.25) is 17.7 Å². The topological polar surface area (TPSA) is 311 Å². The zero-order valence-electron chi connectivity index (χ0n) is 41.1. The number of unbranched alkanes of at least 4 members (excludes halogenated alkanes) is 1. The number of aromatic nitrogens is 1. The van der Waals surface area contributed by atoms with E-state index in [1.54, 1.807) is 51.1 Å². The Morgan fingerprint density at radius 2 is 1.31 bits per heavy atom. The van der Waals surface area contributed by atoms with E-state index < -0.39 is 67.2 Å². The van der Waals surface area contributed by atoms with Gasteiger partial charge in [0.25, 0.3) is 11.8 Å². The van der Waals surface area contributed by atoms with Crippen molar-refractivity contribution in [3.05, 3.63) is 65.9 Å². The van der Waals surface area contributed by atoms with Crippen LogP contribution in [0.2, 0.25) is 0 Å². The van der Waals surface area contributed by atoms with Gasteiger partial charge in [-0.15, -0.1) is 0 Å². The van der Waals surface area contributed by atoms with Gasteiger partial charge in [-0.1, -0.05) is 12.1 Å². The molecule has 2 aromatic carbocycles. The van der Waals surface area contributed by atoms with E-state index >= 15 is 0 Å². The van der Waals surface area contributed by atoms with Gasteiger partial charge in [-0.2, -0.15) is 5.26 Å². The summed E-state index contributed by atoms with van der Waals surface area (Å²) in [5, 5.41) is 59.4. The summed E-state index contributed by atoms with van der Waals surface area (Å²) in [5.41, 5.74) is 1.43. The summed E-state index contributed by atoms with van der Waals surface area (Å²) in [7, 11) is 0. The summed E-state index contributed by atoms with van der Waals surface area (Å²) >= 11 is 0. The number of pyridine rings is 1. The zero-order valence-corrected chi connectivity index (χ0v) is 41.1. The molecule has 2 fully saturated rings. The third-order valence-electron chi connectivity index (χ3n) is 12.4. The first-order chi connectivity index (χ1) is 35.4. The van der Waals surface area contributed by atoms with Crippen molar-refractivity contribution < 1.29 is 67.5 Å². The smallest absolute Gasteiger partial charge is 0.317 e. The molecule has 3 aromatic rings. The number of rotatable bonds is 25. The summed E-state index contributed by atoms with van der Waals surface area (Å²) in [4.78, 5) is 99.1. The fraction of sp³-hybridized carbons (Fsp3) is 0.531. The van der Waals surface area contributed by atoms with Gasteiger partial charge >= 0.3 is 17.9 Å². The minimum absolute atomic E-state index is 0.0229. The molecule has 1 aromatic heterocycles. The van der Waals surface area contributed by atoms with Gasteiger partial charge in [-0.3, -0.25) is 58.1 Å². The lowest BCUT2D eigenvalue weighted by Crippen LogP contribution is -2.49. The standard InChI is InChI=1S/C49H65F2N11O12/c50-49(51)26-35(27-52)62(33-49)43(65)28-57-47(72)38-10-14-54-40-9-8-37(25-39(38)40)74-23-3-13-53-41(24-34-4-6-36(63)7-5-34)48(73)56-12-2-1-11-55-42(64)29-58-15-17-59(30-44(66)67)19-21-61(32-46(70)71)22-20-60(18-16-58)31-45(68)69/h4-10,14,25,35,41,53,63H,1-3,11-13,15-24,26,28-33H2,(H,55,64)(H,56,73)(H,57,72)(H,66,67)(H,68,69)(H,70,71)/t35-,41-/m1/s1. The number of nitrogens with one attached hydrogen (secondary N) is 4. The van der Waals surface area contributed by atoms with Crippen LogP contribution in [0.3, 0.4) is 0 Å². The Morgan fingerprint density at radius 3 is 1.88 bits per heavy atom. The summed E-state index contributed by atoms with van der Waals surface area (Å²) in [5.74, 6) is -7.84. The number of carbonyl (C=O) groups is 7. The number of fused-ring (bicyclic) bond motifs is 1. The highest BCUT2D eigenvalue weighted by atomic mass is 19.3. The molecule has 2 aliphatic heterocycles. The number of halogens is 2. The van der Waals surface area contributed by atoms with Crippen LogP contribution < -0.4 is 26.0 Å². The lowest BCUT2D eigenvalue weighted by atomic mass is 10.0. The quantitative estimate of drug-likeness (QED) is 0.0514. The maximum Gasteiger partial charge on any atom is 0.317 e. The number of nitriles is 1. The number of phenols is 1. The fourth-order valence-corrected chi connectivity index (χ4v) is 8.48. The highest BCUT2D eigenvalue weighted by molar-refractivity contribution is 6.07. The average molecular weight is 1040 g/mol. The normalized spacial score (nSPS) is 17.5. The predicted octanol–water partition coefficient (Wildman–Crippen LogP) is -0.112. The highest BCUT2D eigenvalue weighted by Gasteiger charge is 2.47. The van der Waals surface area contributed by atoms with Crippen molar-refractivity contribution in [2.75, 3.05) is 118 Å². The molecule has 5 rings (SSSR count). The number of hydrogen-bond acceptors (Lipinski definition) is 16. The van der Waals surface area contributed by atoms with Crippen molar-refractivity contribution >= 4 is 52.4 Å². The number of aromatic hydroxyl groups is 1. The van der Waals surface area contributed by atoms with Crippen LogP contribution in [0.15, 0.2) is 54.7 Å². The zero-order chi connectivity index (χ0) is 53.6. The molecule has 74 heavy (non-hydrogen) atoms. The number of carboxylic acid groups (broad SMARTS) is 3. The summed E-state index contributed by atoms with van der Waals surface area (Å²) in [6, 6.07) is 12.7. The Kier molecular flexibility index (Phi) is 22.6. The van der Waals surface area contributed by atoms with Crippen LogP contribution in [0.4, 0.5) is 8.78 Å². The fourth-order valence-electron chi connectivity index (χ4n) is 8.48. The molecular formula is C49H65F2N11O12. The minimum Gasteiger partial charge on any atom is -0.508 e. The number of phenolic OH excluding ortho intramolecular Hbond substituents is 1. The summed E-state index contributed by atoms with van der Waals surface area (Å²) in [6.07, 6.45) is 2.49. The molecule has 0 saturated carbocycles. The molecule has 3 heterocycles. The number of benzene rings is 2. The number of carboxylic acids is 3. The average Bonchev–Trinajstić information content (AvgIpc) is 3.68. The van der Waals surface area contributed by atoms with Crippen LogP contribution >= 0.6 is 0 Å². The number of ether oxygens (including phenoxy) is 1. The first kappa shape index (κ1) is 57.8. The van der Waals surface area contributed by atoms with E-state index in [1.807, 2.05) is 4.90 Å². The first-order valence-corrected chi connectivity index (χ1v) is 24.3. The number of carbonyl (C=O) groups excluding carboxylic acids is 4. The molecule has 2 atom stereocenters. The molecular weight excluding hydrogens is 973 g/mol. The lowest BCUT2D eigenvalue weighted by Gasteiger charge is -2.32. The molecule has 4 amide bonds. The molecule has 0 radical (unpaired) electrons. The maximum atomic E-state index is 13.9. The molecule has 2 saturated heterocycles. The van der Waals surface area contributed by atoms with Crippen LogP contribution in [0.5, 0.6) is 11.5 Å². The monoisotopic (exact) mass is 1040 g/mol. The van der Waals surface area contributed by atoms with Crippen molar-refractivity contribution in [3.63, 3.8) is 0 Å². The van der Waals surface area contributed by atoms with Crippen molar-refractivity contribution in [1.82, 2.24) is 50.8 Å². The maximum absolute atomic E-state index is 13.9. The first-order valence-electron chi connectivity index (χ1n) is 24.3. The van der Waals surface area contributed by atoms with Gasteiger partial charge in [0.05, 0.1) is 69.1 Å². The van der Waals surface area contributed by atoms with Crippen molar-refractivity contribution in [1.29, 1.82) is 5.26 Å². The van der Waals surface area contributed by atoms with Gasteiger partial charge in [0.15, 0.2) is 0 Å². The second kappa shape index (κ2) is 29.0. The Labute approximate surface area is 426 Å². The number of likely N-dealkylation sites (tertiary alicyclic amines) is 1. The van der Waals surface area contributed by atoms with Gasteiger partial charge in [0.1, 0.15) is 17.5 Å². The van der Waals surface area contributed by atoms with Crippen molar-refractivity contribution in [2.24, 2.45) is 0 Å². The molecule has 0 bridgehead atoms. The Morgan fingerprint density at radius 1 is 0.743 bits per heavy atom. The van der Waals surface area contributed by atoms with Crippen LogP contribution in [-0.4, -0.2) is 227 Å². The third kappa shape index (κ3) is 19.7. The summed E-state index contributed by atoms with van der Waals surface area (Å²) < 4.78 is 33.8. The Bertz CT molecular complexity index is 2420. The van der Waals surface area contributed by atoms with Gasteiger partial charge in [-0.05, 0) is 74.2 Å². The SMILES string of the molecule is N#C[C@H]1CC(F)(F)CN1C(=O)CNC(=O)c1ccnc2ccc(OCCCN[C@H](Cc3ccc(O)cc3)C(=O)NCCCCNC(=O)CN3CCN(CC(=O)O)CCN(CC(=O)O)CCN(CC(=O)O)CC3)cc12. The number of alkyl halides is 2. The van der Waals surface area contributed by atoms with Crippen LogP contribution in [0.1, 0.15) is 41.6 Å². The lowest BCUT2D eigenvalue weighted by molar-refractivity contribution is -0.140. The molecule has 23 nitrogen and oxygen atoms in total. The molecule has 25 heteroatoms. The van der Waals surface area contributed by atoms with E-state index in [4.69, 9.17) is 4.74 Å². The van der Waals surface area contributed by atoms with E-state index in [9.17, 15) is 68.0 Å². The van der Waals surface area contributed by atoms with E-state index in [2.05, 4.69) is 26.3 Å². The second-order valence-corrected chi connectivity index (χ2v) is 18.2. The minimum atomic E-state index is -3.19. The molecule has 0 aliphatic carbocycles. The van der Waals surface area contributed by atoms with E-state index in [0.29, 0.717) is 75.1 Å².